The van der Waals surface area contributed by atoms with Crippen LogP contribution in [-0.2, 0) is 15.1 Å². The number of likely N-dealkylation sites (N-methyl/N-ethyl adjacent to an activating group) is 1. The summed E-state index contributed by atoms with van der Waals surface area (Å²) >= 11 is 0. The number of carbonyl (C=O) groups is 2. The number of alkyl halides is 6. The molecular weight excluding hydrogens is 522 g/mol. The molecule has 7 atom stereocenters. The number of benzene rings is 1. The van der Waals surface area contributed by atoms with Gasteiger partial charge in [0.15, 0.2) is 0 Å². The molecule has 0 aromatic heterocycles. The van der Waals surface area contributed by atoms with Crippen LogP contribution in [-0.4, -0.2) is 42.2 Å². The number of amides is 2. The lowest BCUT2D eigenvalue weighted by molar-refractivity contribution is -0.312. The molecule has 4 nitrogen and oxygen atoms in total. The minimum Gasteiger partial charge on any atom is -0.338 e. The number of nitrogens with zero attached hydrogens (tertiary/aromatic N) is 1. The molecule has 0 unspecified atom stereocenters. The predicted octanol–water partition coefficient (Wildman–Crippen LogP) is 6.38. The Labute approximate surface area is 224 Å². The number of halogens is 6. The van der Waals surface area contributed by atoms with Crippen molar-refractivity contribution < 1.29 is 35.9 Å². The van der Waals surface area contributed by atoms with E-state index in [0.717, 1.165) is 37.1 Å². The molecule has 3 aliphatic carbocycles. The normalized spacial score (nSPS) is 36.7. The maximum Gasteiger partial charge on any atom is 0.424 e. The minimum atomic E-state index is -5.80. The molecule has 3 fully saturated rings. The van der Waals surface area contributed by atoms with Gasteiger partial charge in [-0.2, -0.15) is 26.3 Å². The van der Waals surface area contributed by atoms with Gasteiger partial charge >= 0.3 is 12.4 Å². The van der Waals surface area contributed by atoms with Crippen molar-refractivity contribution in [3.8, 4) is 0 Å². The Morgan fingerprint density at radius 1 is 0.923 bits per heavy atom. The standard InChI is InChI=1S/C29H34F6N2O2/c1-25-15-13-20-18(9-12-22-26(20,2)16-14-23(38)37(22)3)19(25)10-11-21(25)24(39)36-27(28(30,31)32,29(33,34)35)17-7-5-4-6-8-17/h4-8,14,16,18-22H,9-13,15H2,1-3H3,(H,36,39)/t18-,19-,20-,21+,22+,25-,26+/m0/s1. The second-order valence-electron chi connectivity index (χ2n) is 12.4. The highest BCUT2D eigenvalue weighted by Gasteiger charge is 2.73. The average Bonchev–Trinajstić information content (AvgIpc) is 3.21. The topological polar surface area (TPSA) is 49.4 Å². The molecule has 2 amide bonds. The van der Waals surface area contributed by atoms with E-state index in [4.69, 9.17) is 0 Å². The number of fused-ring (bicyclic) bond motifs is 5. The Morgan fingerprint density at radius 2 is 1.56 bits per heavy atom. The molecule has 3 saturated carbocycles. The molecule has 39 heavy (non-hydrogen) atoms. The monoisotopic (exact) mass is 556 g/mol. The van der Waals surface area contributed by atoms with Gasteiger partial charge in [-0.15, -0.1) is 0 Å². The summed E-state index contributed by atoms with van der Waals surface area (Å²) in [6.07, 6.45) is -4.38. The predicted molar refractivity (Wildman–Crippen MR) is 132 cm³/mol. The molecule has 0 saturated heterocycles. The van der Waals surface area contributed by atoms with Crippen molar-refractivity contribution in [3.05, 3.63) is 48.0 Å². The van der Waals surface area contributed by atoms with Crippen LogP contribution < -0.4 is 5.32 Å². The van der Waals surface area contributed by atoms with Crippen molar-refractivity contribution in [1.82, 2.24) is 10.2 Å². The van der Waals surface area contributed by atoms with Crippen LogP contribution in [0.5, 0.6) is 0 Å². The summed E-state index contributed by atoms with van der Waals surface area (Å²) in [7, 11) is 1.80. The first-order valence-electron chi connectivity index (χ1n) is 13.5. The van der Waals surface area contributed by atoms with E-state index < -0.39 is 40.7 Å². The highest BCUT2D eigenvalue weighted by molar-refractivity contribution is 5.89. The lowest BCUT2D eigenvalue weighted by Gasteiger charge is -2.60. The zero-order valence-corrected chi connectivity index (χ0v) is 22.2. The van der Waals surface area contributed by atoms with Gasteiger partial charge < -0.3 is 10.2 Å². The van der Waals surface area contributed by atoms with E-state index in [2.05, 4.69) is 6.92 Å². The maximum atomic E-state index is 14.3. The van der Waals surface area contributed by atoms with Crippen molar-refractivity contribution in [2.45, 2.75) is 76.3 Å². The maximum absolute atomic E-state index is 14.3. The van der Waals surface area contributed by atoms with Gasteiger partial charge in [0.1, 0.15) is 0 Å². The highest BCUT2D eigenvalue weighted by atomic mass is 19.4. The van der Waals surface area contributed by atoms with Crippen LogP contribution in [0.2, 0.25) is 0 Å². The van der Waals surface area contributed by atoms with Gasteiger partial charge in [0.2, 0.25) is 11.8 Å². The second-order valence-corrected chi connectivity index (χ2v) is 12.4. The number of hydrogen-bond acceptors (Lipinski definition) is 2. The van der Waals surface area contributed by atoms with Crippen LogP contribution in [0, 0.1) is 34.5 Å². The zero-order chi connectivity index (χ0) is 28.6. The summed E-state index contributed by atoms with van der Waals surface area (Å²) in [5.41, 5.74) is -6.54. The molecule has 1 aromatic carbocycles. The van der Waals surface area contributed by atoms with Gasteiger partial charge in [-0.05, 0) is 73.3 Å². The van der Waals surface area contributed by atoms with Crippen LogP contribution in [0.3, 0.4) is 0 Å². The smallest absolute Gasteiger partial charge is 0.338 e. The summed E-state index contributed by atoms with van der Waals surface area (Å²) in [5, 5.41) is 1.52. The third-order valence-corrected chi connectivity index (χ3v) is 10.8. The number of rotatable bonds is 3. The number of nitrogens with one attached hydrogen (secondary N) is 1. The van der Waals surface area contributed by atoms with Crippen LogP contribution in [0.15, 0.2) is 42.5 Å². The molecule has 1 N–H and O–H groups in total. The van der Waals surface area contributed by atoms with Crippen molar-refractivity contribution >= 4 is 11.8 Å². The van der Waals surface area contributed by atoms with Gasteiger partial charge in [0, 0.05) is 24.4 Å². The molecule has 0 spiro atoms. The van der Waals surface area contributed by atoms with Crippen LogP contribution >= 0.6 is 0 Å². The van der Waals surface area contributed by atoms with Gasteiger partial charge in [-0.1, -0.05) is 50.3 Å². The molecule has 0 radical (unpaired) electrons. The number of carbonyl (C=O) groups excluding carboxylic acids is 2. The fourth-order valence-corrected chi connectivity index (χ4v) is 8.83. The van der Waals surface area contributed by atoms with Gasteiger partial charge in [-0.3, -0.25) is 9.59 Å². The minimum absolute atomic E-state index is 0.00371. The van der Waals surface area contributed by atoms with E-state index in [1.807, 2.05) is 13.0 Å². The van der Waals surface area contributed by atoms with Crippen molar-refractivity contribution in [2.75, 3.05) is 7.05 Å². The molecule has 4 aliphatic rings. The molecule has 1 aromatic rings. The Hall–Kier alpha value is -2.52. The molecule has 1 heterocycles. The van der Waals surface area contributed by atoms with Crippen molar-refractivity contribution in [1.29, 1.82) is 0 Å². The second kappa shape index (κ2) is 8.99. The van der Waals surface area contributed by atoms with E-state index in [1.54, 1.807) is 18.0 Å². The zero-order valence-electron chi connectivity index (χ0n) is 22.2. The lowest BCUT2D eigenvalue weighted by Crippen LogP contribution is -2.66. The van der Waals surface area contributed by atoms with E-state index in [9.17, 15) is 35.9 Å². The molecule has 0 bridgehead atoms. The van der Waals surface area contributed by atoms with Gasteiger partial charge in [-0.25, -0.2) is 0 Å². The molecule has 5 rings (SSSR count). The lowest BCUT2D eigenvalue weighted by atomic mass is 9.47. The molecule has 214 valence electrons. The van der Waals surface area contributed by atoms with Crippen molar-refractivity contribution in [3.63, 3.8) is 0 Å². The van der Waals surface area contributed by atoms with Crippen LogP contribution in [0.1, 0.15) is 57.9 Å². The number of hydrogen-bond donors (Lipinski definition) is 1. The van der Waals surface area contributed by atoms with Crippen molar-refractivity contribution in [2.24, 2.45) is 34.5 Å². The summed E-state index contributed by atoms with van der Waals surface area (Å²) in [6, 6.07) is 5.08. The first-order valence-corrected chi connectivity index (χ1v) is 13.5. The summed E-state index contributed by atoms with van der Waals surface area (Å²) in [4.78, 5) is 27.6. The van der Waals surface area contributed by atoms with E-state index in [-0.39, 0.29) is 41.5 Å². The first-order chi connectivity index (χ1) is 18.1. The van der Waals surface area contributed by atoms with E-state index in [0.29, 0.717) is 19.3 Å². The Bertz CT molecular complexity index is 1150. The molecular formula is C29H34F6N2O2. The van der Waals surface area contributed by atoms with Crippen LogP contribution in [0.25, 0.3) is 0 Å². The van der Waals surface area contributed by atoms with Gasteiger partial charge in [0.25, 0.3) is 5.54 Å². The third kappa shape index (κ3) is 3.94. The van der Waals surface area contributed by atoms with E-state index >= 15 is 0 Å². The third-order valence-electron chi connectivity index (χ3n) is 10.8. The Morgan fingerprint density at radius 3 is 2.18 bits per heavy atom. The SMILES string of the molecule is CN1C(=O)C=C[C@]2(C)[C@H]3CC[C@]4(C)[C@@H](C(=O)NC(c5ccccc5)(C(F)(F)F)C(F)(F)F)CC[C@H]4[C@@H]3CC[C@@H]12. The summed E-state index contributed by atoms with van der Waals surface area (Å²) in [5.74, 6) is -1.79. The van der Waals surface area contributed by atoms with Crippen LogP contribution in [0.4, 0.5) is 26.3 Å². The summed E-state index contributed by atoms with van der Waals surface area (Å²) < 4.78 is 86.1. The van der Waals surface area contributed by atoms with Gasteiger partial charge in [0.05, 0.1) is 0 Å². The Balaban J connectivity index is 1.45. The average molecular weight is 557 g/mol. The largest absolute Gasteiger partial charge is 0.424 e. The highest BCUT2D eigenvalue weighted by Crippen LogP contribution is 2.65. The first kappa shape index (κ1) is 28.0. The fourth-order valence-electron chi connectivity index (χ4n) is 8.83. The quantitative estimate of drug-likeness (QED) is 0.440. The molecule has 10 heteroatoms. The molecule has 1 aliphatic heterocycles. The van der Waals surface area contributed by atoms with E-state index in [1.165, 1.54) is 11.4 Å². The Kier molecular flexibility index (Phi) is 6.46. The summed E-state index contributed by atoms with van der Waals surface area (Å²) in [6.45, 7) is 4.02. The fraction of sp³-hybridized carbons (Fsp3) is 0.655.